The molecule has 0 aliphatic heterocycles. The summed E-state index contributed by atoms with van der Waals surface area (Å²) in [5.74, 6) is 0.218. The quantitative estimate of drug-likeness (QED) is 0.729. The van der Waals surface area contributed by atoms with Crippen LogP contribution >= 0.6 is 0 Å². The number of halogens is 2. The van der Waals surface area contributed by atoms with E-state index in [1.165, 1.54) is 12.3 Å². The lowest BCUT2D eigenvalue weighted by atomic mass is 10.1. The number of aromatic nitrogens is 2. The number of amides is 2. The minimum Gasteiger partial charge on any atom is -0.392 e. The van der Waals surface area contributed by atoms with E-state index in [0.717, 1.165) is 15.8 Å². The second-order valence-corrected chi connectivity index (χ2v) is 4.92. The van der Waals surface area contributed by atoms with Gasteiger partial charge in [-0.1, -0.05) is 24.3 Å². The van der Waals surface area contributed by atoms with Crippen molar-refractivity contribution in [2.24, 2.45) is 0 Å². The third kappa shape index (κ3) is 5.67. The van der Waals surface area contributed by atoms with E-state index in [0.29, 0.717) is 13.0 Å². The molecule has 8 heteroatoms. The van der Waals surface area contributed by atoms with Gasteiger partial charge in [0, 0.05) is 18.8 Å². The van der Waals surface area contributed by atoms with Crippen molar-refractivity contribution in [3.63, 3.8) is 0 Å². The molecular weight excluding hydrogens is 306 g/mol. The molecule has 1 aromatic carbocycles. The number of alkyl halides is 2. The molecule has 2 amide bonds. The number of aliphatic hydroxyl groups is 1. The van der Waals surface area contributed by atoms with Gasteiger partial charge >= 0.3 is 6.03 Å². The molecule has 0 aliphatic rings. The maximum absolute atomic E-state index is 12.2. The lowest BCUT2D eigenvalue weighted by Gasteiger charge is -2.06. The van der Waals surface area contributed by atoms with Gasteiger partial charge in [-0.25, -0.2) is 13.6 Å². The lowest BCUT2D eigenvalue weighted by Crippen LogP contribution is -2.30. The topological polar surface area (TPSA) is 79.2 Å². The van der Waals surface area contributed by atoms with Gasteiger partial charge in [-0.2, -0.15) is 5.10 Å². The highest BCUT2D eigenvalue weighted by molar-refractivity contribution is 5.88. The van der Waals surface area contributed by atoms with Crippen LogP contribution in [0.1, 0.15) is 11.1 Å². The Morgan fingerprint density at radius 1 is 1.22 bits per heavy atom. The molecule has 0 saturated carbocycles. The van der Waals surface area contributed by atoms with E-state index < -0.39 is 19.0 Å². The van der Waals surface area contributed by atoms with Crippen molar-refractivity contribution in [1.29, 1.82) is 0 Å². The number of rotatable bonds is 7. The smallest absolute Gasteiger partial charge is 0.320 e. The van der Waals surface area contributed by atoms with Crippen molar-refractivity contribution < 1.29 is 18.7 Å². The summed E-state index contributed by atoms with van der Waals surface area (Å²) >= 11 is 0. The number of hydrogen-bond donors (Lipinski definition) is 3. The highest BCUT2D eigenvalue weighted by atomic mass is 19.3. The Bertz CT molecular complexity index is 629. The van der Waals surface area contributed by atoms with Crippen LogP contribution in [-0.2, 0) is 19.6 Å². The van der Waals surface area contributed by atoms with Gasteiger partial charge in [0.15, 0.2) is 5.82 Å². The summed E-state index contributed by atoms with van der Waals surface area (Å²) in [5.41, 5.74) is 1.86. The van der Waals surface area contributed by atoms with Gasteiger partial charge in [0.05, 0.1) is 6.61 Å². The first-order valence-electron chi connectivity index (χ1n) is 7.12. The summed E-state index contributed by atoms with van der Waals surface area (Å²) in [7, 11) is 0. The van der Waals surface area contributed by atoms with Crippen LogP contribution in [0.4, 0.5) is 19.4 Å². The zero-order valence-corrected chi connectivity index (χ0v) is 12.4. The molecule has 2 rings (SSSR count). The number of urea groups is 1. The summed E-state index contributed by atoms with van der Waals surface area (Å²) in [5, 5.41) is 17.9. The van der Waals surface area contributed by atoms with E-state index in [4.69, 9.17) is 5.11 Å². The fraction of sp³-hybridized carbons (Fsp3) is 0.333. The van der Waals surface area contributed by atoms with Crippen molar-refractivity contribution >= 4 is 11.8 Å². The molecule has 3 N–H and O–H groups in total. The van der Waals surface area contributed by atoms with Crippen LogP contribution in [-0.4, -0.2) is 33.9 Å². The van der Waals surface area contributed by atoms with Gasteiger partial charge in [0.2, 0.25) is 0 Å². The number of carbonyl (C=O) groups excluding carboxylic acids is 1. The molecule has 0 bridgehead atoms. The molecule has 0 radical (unpaired) electrons. The molecule has 0 fully saturated rings. The Balaban J connectivity index is 1.73. The number of anilines is 1. The van der Waals surface area contributed by atoms with Gasteiger partial charge in [0.1, 0.15) is 6.54 Å². The SMILES string of the molecule is O=C(NCCc1ccc(CO)cc1)Nc1ccn(CC(F)F)n1. The standard InChI is InChI=1S/C15H18F2N4O2/c16-13(17)9-21-8-6-14(20-21)19-15(23)18-7-5-11-1-3-12(10-22)4-2-11/h1-4,6,8,13,22H,5,7,9-10H2,(H2,18,19,20,23). The molecule has 0 atom stereocenters. The maximum Gasteiger partial charge on any atom is 0.320 e. The second-order valence-electron chi connectivity index (χ2n) is 4.92. The van der Waals surface area contributed by atoms with Crippen LogP contribution in [0.3, 0.4) is 0 Å². The third-order valence-corrected chi connectivity index (χ3v) is 3.11. The minimum atomic E-state index is -2.49. The van der Waals surface area contributed by atoms with Crippen molar-refractivity contribution in [2.45, 2.75) is 26.0 Å². The maximum atomic E-state index is 12.2. The summed E-state index contributed by atoms with van der Waals surface area (Å²) in [6, 6.07) is 8.43. The molecule has 23 heavy (non-hydrogen) atoms. The molecular formula is C15H18F2N4O2. The Kier molecular flexibility index (Phi) is 6.04. The van der Waals surface area contributed by atoms with Crippen LogP contribution in [0.15, 0.2) is 36.5 Å². The van der Waals surface area contributed by atoms with Crippen molar-refractivity contribution in [3.8, 4) is 0 Å². The monoisotopic (exact) mass is 324 g/mol. The molecule has 0 saturated heterocycles. The first-order chi connectivity index (χ1) is 11.1. The van der Waals surface area contributed by atoms with Gasteiger partial charge in [0.25, 0.3) is 6.43 Å². The van der Waals surface area contributed by atoms with Gasteiger partial charge in [-0.05, 0) is 17.5 Å². The van der Waals surface area contributed by atoms with Gasteiger partial charge in [-0.3, -0.25) is 10.00 Å². The Morgan fingerprint density at radius 2 is 1.91 bits per heavy atom. The predicted octanol–water partition coefficient (Wildman–Crippen LogP) is 2.00. The highest BCUT2D eigenvalue weighted by Crippen LogP contribution is 2.06. The zero-order valence-electron chi connectivity index (χ0n) is 12.4. The summed E-state index contributed by atoms with van der Waals surface area (Å²) in [6.45, 7) is -0.0890. The van der Waals surface area contributed by atoms with Crippen LogP contribution < -0.4 is 10.6 Å². The van der Waals surface area contributed by atoms with Crippen LogP contribution in [0.2, 0.25) is 0 Å². The van der Waals surface area contributed by atoms with Gasteiger partial charge < -0.3 is 10.4 Å². The van der Waals surface area contributed by atoms with E-state index in [1.807, 2.05) is 24.3 Å². The molecule has 6 nitrogen and oxygen atoms in total. The van der Waals surface area contributed by atoms with Crippen LogP contribution in [0, 0.1) is 0 Å². The fourth-order valence-corrected chi connectivity index (χ4v) is 1.96. The van der Waals surface area contributed by atoms with Crippen LogP contribution in [0.25, 0.3) is 0 Å². The van der Waals surface area contributed by atoms with E-state index in [2.05, 4.69) is 15.7 Å². The largest absolute Gasteiger partial charge is 0.392 e. The second kappa shape index (κ2) is 8.23. The number of nitrogens with zero attached hydrogens (tertiary/aromatic N) is 2. The molecule has 124 valence electrons. The first-order valence-corrected chi connectivity index (χ1v) is 7.12. The Labute approximate surface area is 132 Å². The van der Waals surface area contributed by atoms with Crippen LogP contribution in [0.5, 0.6) is 0 Å². The highest BCUT2D eigenvalue weighted by Gasteiger charge is 2.07. The van der Waals surface area contributed by atoms with E-state index >= 15 is 0 Å². The van der Waals surface area contributed by atoms with E-state index in [-0.39, 0.29) is 12.4 Å². The normalized spacial score (nSPS) is 10.8. The number of benzene rings is 1. The fourth-order valence-electron chi connectivity index (χ4n) is 1.96. The number of aliphatic hydroxyl groups excluding tert-OH is 1. The lowest BCUT2D eigenvalue weighted by molar-refractivity contribution is 0.122. The molecule has 2 aromatic rings. The zero-order chi connectivity index (χ0) is 16.7. The summed E-state index contributed by atoms with van der Waals surface area (Å²) in [4.78, 5) is 11.7. The molecule has 0 spiro atoms. The minimum absolute atomic E-state index is 0.000851. The Hall–Kier alpha value is -2.48. The molecule has 1 aromatic heterocycles. The average molecular weight is 324 g/mol. The van der Waals surface area contributed by atoms with E-state index in [9.17, 15) is 13.6 Å². The molecule has 1 heterocycles. The third-order valence-electron chi connectivity index (χ3n) is 3.11. The van der Waals surface area contributed by atoms with Crippen molar-refractivity contribution in [2.75, 3.05) is 11.9 Å². The van der Waals surface area contributed by atoms with Crippen molar-refractivity contribution in [3.05, 3.63) is 47.7 Å². The Morgan fingerprint density at radius 3 is 2.57 bits per heavy atom. The number of carbonyl (C=O) groups is 1. The summed E-state index contributed by atoms with van der Waals surface area (Å²) in [6.07, 6.45) is -0.475. The number of nitrogens with one attached hydrogen (secondary N) is 2. The molecule has 0 unspecified atom stereocenters. The number of hydrogen-bond acceptors (Lipinski definition) is 3. The van der Waals surface area contributed by atoms with Gasteiger partial charge in [-0.15, -0.1) is 0 Å². The van der Waals surface area contributed by atoms with Crippen molar-refractivity contribution in [1.82, 2.24) is 15.1 Å². The average Bonchev–Trinajstić information content (AvgIpc) is 2.94. The predicted molar refractivity (Wildman–Crippen MR) is 81.3 cm³/mol. The first kappa shape index (κ1) is 16.9. The molecule has 0 aliphatic carbocycles. The van der Waals surface area contributed by atoms with E-state index in [1.54, 1.807) is 0 Å². The summed E-state index contributed by atoms with van der Waals surface area (Å²) < 4.78 is 25.5.